The van der Waals surface area contributed by atoms with Gasteiger partial charge in [-0.3, -0.25) is 10.1 Å². The van der Waals surface area contributed by atoms with Gasteiger partial charge in [-0.05, 0) is 36.1 Å². The molecule has 0 amide bonds. The summed E-state index contributed by atoms with van der Waals surface area (Å²) in [6, 6.07) is 6.95. The second-order valence-corrected chi connectivity index (χ2v) is 5.08. The Morgan fingerprint density at radius 2 is 1.78 bits per heavy atom. The third-order valence-corrected chi connectivity index (χ3v) is 3.61. The lowest BCUT2D eigenvalue weighted by Crippen LogP contribution is -1.97. The Morgan fingerprint density at radius 3 is 2.52 bits per heavy atom. The Hall–Kier alpha value is -3.22. The number of phenols is 2. The first-order chi connectivity index (χ1) is 11.1. The van der Waals surface area contributed by atoms with E-state index in [4.69, 9.17) is 0 Å². The van der Waals surface area contributed by atoms with Crippen molar-refractivity contribution in [2.45, 2.75) is 12.8 Å². The Morgan fingerprint density at radius 1 is 1.00 bits per heavy atom. The van der Waals surface area contributed by atoms with Crippen molar-refractivity contribution < 1.29 is 15.1 Å². The van der Waals surface area contributed by atoms with E-state index in [2.05, 4.69) is 10.2 Å². The smallest absolute Gasteiger partial charge is 0.273 e. The molecule has 0 saturated heterocycles. The molecule has 0 heterocycles. The quantitative estimate of drug-likeness (QED) is 0.385. The number of aromatic hydroxyl groups is 2. The number of phenolic OH excluding ortho intramolecular Hbond substituents is 2. The van der Waals surface area contributed by atoms with Gasteiger partial charge in [0.05, 0.1) is 11.0 Å². The number of azo groups is 1. The molecule has 7 heteroatoms. The molecule has 0 fully saturated rings. The molecule has 3 rings (SSSR count). The first-order valence-corrected chi connectivity index (χ1v) is 6.94. The van der Waals surface area contributed by atoms with Crippen LogP contribution in [-0.4, -0.2) is 15.1 Å². The fraction of sp³-hybridized carbons (Fsp3) is 0.125. The lowest BCUT2D eigenvalue weighted by atomic mass is 9.95. The molecule has 0 unspecified atom stereocenters. The van der Waals surface area contributed by atoms with Crippen LogP contribution in [0.1, 0.15) is 11.1 Å². The molecule has 2 N–H and O–H groups in total. The molecule has 23 heavy (non-hydrogen) atoms. The summed E-state index contributed by atoms with van der Waals surface area (Å²) in [5.41, 5.74) is 2.17. The van der Waals surface area contributed by atoms with Gasteiger partial charge in [0.25, 0.3) is 5.69 Å². The van der Waals surface area contributed by atoms with Crippen molar-refractivity contribution in [2.75, 3.05) is 0 Å². The summed E-state index contributed by atoms with van der Waals surface area (Å²) in [5.74, 6) is -0.337. The Kier molecular flexibility index (Phi) is 3.76. The predicted octanol–water partition coefficient (Wildman–Crippen LogP) is 4.08. The van der Waals surface area contributed by atoms with Crippen molar-refractivity contribution in [2.24, 2.45) is 10.2 Å². The van der Waals surface area contributed by atoms with Crippen LogP contribution in [0.25, 0.3) is 0 Å². The molecule has 0 bridgehead atoms. The monoisotopic (exact) mass is 311 g/mol. The van der Waals surface area contributed by atoms with Crippen molar-refractivity contribution >= 4 is 17.1 Å². The van der Waals surface area contributed by atoms with E-state index in [1.165, 1.54) is 12.1 Å². The highest BCUT2D eigenvalue weighted by Crippen LogP contribution is 2.38. The summed E-state index contributed by atoms with van der Waals surface area (Å²) >= 11 is 0. The number of non-ortho nitro benzene ring substituents is 1. The van der Waals surface area contributed by atoms with E-state index in [-0.39, 0.29) is 22.9 Å². The molecule has 116 valence electrons. The van der Waals surface area contributed by atoms with Crippen LogP contribution < -0.4 is 0 Å². The van der Waals surface area contributed by atoms with E-state index in [0.717, 1.165) is 23.6 Å². The van der Waals surface area contributed by atoms with Crippen LogP contribution in [-0.2, 0) is 12.8 Å². The number of hydrogen-bond acceptors (Lipinski definition) is 6. The van der Waals surface area contributed by atoms with E-state index < -0.39 is 4.92 Å². The zero-order valence-electron chi connectivity index (χ0n) is 12.0. The highest BCUT2D eigenvalue weighted by atomic mass is 16.6. The summed E-state index contributed by atoms with van der Waals surface area (Å²) in [5, 5.41) is 38.4. The molecular formula is C16H13N3O4. The maximum absolute atomic E-state index is 10.6. The highest BCUT2D eigenvalue weighted by Gasteiger charge is 2.14. The predicted molar refractivity (Wildman–Crippen MR) is 83.6 cm³/mol. The third-order valence-electron chi connectivity index (χ3n) is 3.61. The van der Waals surface area contributed by atoms with Crippen LogP contribution in [0, 0.1) is 10.1 Å². The number of nitrogens with zero attached hydrogens (tertiary/aromatic N) is 3. The minimum Gasteiger partial charge on any atom is -0.506 e. The van der Waals surface area contributed by atoms with Crippen LogP contribution in [0.2, 0.25) is 0 Å². The molecule has 0 saturated carbocycles. The van der Waals surface area contributed by atoms with Gasteiger partial charge < -0.3 is 10.2 Å². The molecule has 0 aliphatic heterocycles. The van der Waals surface area contributed by atoms with Gasteiger partial charge in [0.15, 0.2) is 0 Å². The number of nitro groups is 1. The Bertz CT molecular complexity index is 843. The summed E-state index contributed by atoms with van der Waals surface area (Å²) in [6.07, 6.45) is 5.44. The van der Waals surface area contributed by atoms with Gasteiger partial charge >= 0.3 is 0 Å². The maximum atomic E-state index is 10.6. The second-order valence-electron chi connectivity index (χ2n) is 5.08. The molecule has 2 aromatic rings. The lowest BCUT2D eigenvalue weighted by Gasteiger charge is -2.13. The summed E-state index contributed by atoms with van der Waals surface area (Å²) < 4.78 is 0. The summed E-state index contributed by atoms with van der Waals surface area (Å²) in [6.45, 7) is 0. The normalized spacial score (nSPS) is 13.2. The number of nitro benzene ring substituents is 1. The second kappa shape index (κ2) is 5.88. The number of rotatable bonds is 3. The first kappa shape index (κ1) is 14.7. The first-order valence-electron chi connectivity index (χ1n) is 6.94. The van der Waals surface area contributed by atoms with Crippen molar-refractivity contribution in [3.63, 3.8) is 0 Å². The van der Waals surface area contributed by atoms with Crippen molar-refractivity contribution in [1.29, 1.82) is 0 Å². The zero-order valence-corrected chi connectivity index (χ0v) is 12.0. The van der Waals surface area contributed by atoms with E-state index in [9.17, 15) is 20.3 Å². The van der Waals surface area contributed by atoms with Crippen LogP contribution in [0.5, 0.6) is 11.5 Å². The average molecular weight is 311 g/mol. The van der Waals surface area contributed by atoms with E-state index in [1.807, 2.05) is 18.2 Å². The van der Waals surface area contributed by atoms with Crippen LogP contribution in [0.15, 0.2) is 52.7 Å². The van der Waals surface area contributed by atoms with Crippen molar-refractivity contribution in [3.8, 4) is 11.5 Å². The molecule has 0 radical (unpaired) electrons. The topological polar surface area (TPSA) is 108 Å². The Labute approximate surface area is 131 Å². The molecule has 0 spiro atoms. The molecule has 0 atom stereocenters. The summed E-state index contributed by atoms with van der Waals surface area (Å²) in [4.78, 5) is 10.0. The van der Waals surface area contributed by atoms with Gasteiger partial charge in [-0.15, -0.1) is 10.2 Å². The number of hydrogen-bond donors (Lipinski definition) is 2. The fourth-order valence-electron chi connectivity index (χ4n) is 2.42. The Balaban J connectivity index is 1.97. The number of allylic oxidation sites excluding steroid dienone is 2. The SMILES string of the molecule is O=[N+]([O-])c1ccc(N=Nc2c(O)ccc3c2CC=CC3)c(O)c1. The molecule has 0 aromatic heterocycles. The van der Waals surface area contributed by atoms with E-state index >= 15 is 0 Å². The van der Waals surface area contributed by atoms with Crippen LogP contribution >= 0.6 is 0 Å². The van der Waals surface area contributed by atoms with Gasteiger partial charge in [-0.2, -0.15) is 0 Å². The molecule has 1 aliphatic rings. The molecular weight excluding hydrogens is 298 g/mol. The minimum absolute atomic E-state index is 0.00389. The number of benzene rings is 2. The van der Waals surface area contributed by atoms with E-state index in [1.54, 1.807) is 6.07 Å². The molecule has 2 aromatic carbocycles. The van der Waals surface area contributed by atoms with Gasteiger partial charge in [0.2, 0.25) is 0 Å². The van der Waals surface area contributed by atoms with Gasteiger partial charge in [0.1, 0.15) is 22.9 Å². The largest absolute Gasteiger partial charge is 0.506 e. The van der Waals surface area contributed by atoms with Crippen molar-refractivity contribution in [3.05, 3.63) is 63.7 Å². The molecule has 1 aliphatic carbocycles. The zero-order chi connectivity index (χ0) is 16.4. The highest BCUT2D eigenvalue weighted by molar-refractivity contribution is 5.62. The number of fused-ring (bicyclic) bond motifs is 1. The standard InChI is InChI=1S/C16H13N3O4/c20-14-8-5-10-3-1-2-4-12(10)16(14)18-17-13-7-6-11(19(22)23)9-15(13)21/h1-2,5-9,20-21H,3-4H2. The fourth-order valence-corrected chi connectivity index (χ4v) is 2.42. The van der Waals surface area contributed by atoms with Gasteiger partial charge in [0, 0.05) is 6.07 Å². The van der Waals surface area contributed by atoms with Gasteiger partial charge in [-0.1, -0.05) is 18.2 Å². The minimum atomic E-state index is -0.605. The van der Waals surface area contributed by atoms with Crippen LogP contribution in [0.4, 0.5) is 17.1 Å². The molecule has 7 nitrogen and oxygen atoms in total. The third kappa shape index (κ3) is 2.89. The van der Waals surface area contributed by atoms with Gasteiger partial charge in [-0.25, -0.2) is 0 Å². The maximum Gasteiger partial charge on any atom is 0.273 e. The van der Waals surface area contributed by atoms with E-state index in [0.29, 0.717) is 12.1 Å². The van der Waals surface area contributed by atoms with Crippen molar-refractivity contribution in [1.82, 2.24) is 0 Å². The van der Waals surface area contributed by atoms with Crippen LogP contribution in [0.3, 0.4) is 0 Å². The average Bonchev–Trinajstić information content (AvgIpc) is 2.55. The lowest BCUT2D eigenvalue weighted by molar-refractivity contribution is -0.384. The summed E-state index contributed by atoms with van der Waals surface area (Å²) in [7, 11) is 0.